The molecule has 182 valence electrons. The lowest BCUT2D eigenvalue weighted by Gasteiger charge is -2.29. The summed E-state index contributed by atoms with van der Waals surface area (Å²) >= 11 is 0. The lowest BCUT2D eigenvalue weighted by Crippen LogP contribution is -2.37. The number of anilines is 1. The van der Waals surface area contributed by atoms with Gasteiger partial charge in [-0.15, -0.1) is 6.58 Å². The van der Waals surface area contributed by atoms with Crippen molar-refractivity contribution in [2.75, 3.05) is 32.1 Å². The Balaban J connectivity index is 1.75. The standard InChI is InChI=1S/C21H27N7O6/c1-6-8-27-19-23-12-15(24-18(25-16(12)29)22-10-26(4)5)28(19)17-14-13(33-21(2,3)34-14)11(32-17)7-9-31-20(27)30/h6,10-11,13-14,17H,1,7-9H2,2-5H3,(H,24,25,29)/b22-10-/t11-,13-,14-,17-/m1/s1. The number of aliphatic imine (C=N–C) groups is 1. The molecule has 2 aromatic rings. The fourth-order valence-corrected chi connectivity index (χ4v) is 4.42. The normalized spacial score (nSPS) is 28.1. The number of aromatic amines is 1. The molecule has 2 fully saturated rings. The first-order valence-corrected chi connectivity index (χ1v) is 11.0. The van der Waals surface area contributed by atoms with Crippen LogP contribution in [0.5, 0.6) is 0 Å². The van der Waals surface area contributed by atoms with Crippen LogP contribution < -0.4 is 10.5 Å². The van der Waals surface area contributed by atoms with E-state index in [2.05, 4.69) is 26.5 Å². The summed E-state index contributed by atoms with van der Waals surface area (Å²) in [6, 6.07) is 0. The third-order valence-electron chi connectivity index (χ3n) is 5.71. The number of cyclic esters (lactones) is 1. The van der Waals surface area contributed by atoms with Crippen LogP contribution in [0.1, 0.15) is 26.5 Å². The zero-order valence-corrected chi connectivity index (χ0v) is 19.4. The Morgan fingerprint density at radius 1 is 1.26 bits per heavy atom. The van der Waals surface area contributed by atoms with Crippen LogP contribution in [0.15, 0.2) is 22.4 Å². The van der Waals surface area contributed by atoms with Gasteiger partial charge in [0.05, 0.1) is 19.0 Å². The molecule has 1 amide bonds. The van der Waals surface area contributed by atoms with Crippen LogP contribution in [-0.4, -0.2) is 88.2 Å². The van der Waals surface area contributed by atoms with Gasteiger partial charge in [-0.3, -0.25) is 14.3 Å². The largest absolute Gasteiger partial charge is 0.449 e. The molecule has 13 heteroatoms. The number of aromatic nitrogens is 4. The highest BCUT2D eigenvalue weighted by atomic mass is 16.8. The first-order valence-electron chi connectivity index (χ1n) is 11.0. The molecule has 0 aromatic carbocycles. The molecule has 0 saturated carbocycles. The van der Waals surface area contributed by atoms with Gasteiger partial charge in [0, 0.05) is 27.1 Å². The maximum Gasteiger partial charge on any atom is 0.416 e. The van der Waals surface area contributed by atoms with Crippen molar-refractivity contribution < 1.29 is 23.7 Å². The van der Waals surface area contributed by atoms with Crippen molar-refractivity contribution in [1.82, 2.24) is 24.4 Å². The summed E-state index contributed by atoms with van der Waals surface area (Å²) < 4.78 is 25.8. The third kappa shape index (κ3) is 3.75. The van der Waals surface area contributed by atoms with Gasteiger partial charge < -0.3 is 23.8 Å². The van der Waals surface area contributed by atoms with Crippen molar-refractivity contribution in [2.45, 2.75) is 50.6 Å². The molecular weight excluding hydrogens is 446 g/mol. The Labute approximate surface area is 195 Å². The van der Waals surface area contributed by atoms with E-state index >= 15 is 0 Å². The van der Waals surface area contributed by atoms with Crippen molar-refractivity contribution in [3.05, 3.63) is 23.0 Å². The lowest BCUT2D eigenvalue weighted by atomic mass is 10.1. The molecule has 0 spiro atoms. The lowest BCUT2D eigenvalue weighted by molar-refractivity contribution is -0.197. The van der Waals surface area contributed by atoms with Crippen molar-refractivity contribution in [3.8, 4) is 0 Å². The van der Waals surface area contributed by atoms with Gasteiger partial charge in [-0.05, 0) is 13.8 Å². The fourth-order valence-electron chi connectivity index (χ4n) is 4.42. The summed E-state index contributed by atoms with van der Waals surface area (Å²) in [5, 5.41) is 0. The quantitative estimate of drug-likeness (QED) is 0.396. The summed E-state index contributed by atoms with van der Waals surface area (Å²) in [7, 11) is 3.59. The second-order valence-corrected chi connectivity index (χ2v) is 8.98. The number of imidazole rings is 1. The van der Waals surface area contributed by atoms with E-state index in [4.69, 9.17) is 18.9 Å². The van der Waals surface area contributed by atoms with Gasteiger partial charge in [-0.2, -0.15) is 4.98 Å². The van der Waals surface area contributed by atoms with Crippen LogP contribution in [0, 0.1) is 0 Å². The van der Waals surface area contributed by atoms with Gasteiger partial charge in [0.25, 0.3) is 5.56 Å². The van der Waals surface area contributed by atoms with Crippen molar-refractivity contribution in [2.24, 2.45) is 4.99 Å². The van der Waals surface area contributed by atoms with Crippen LogP contribution >= 0.6 is 0 Å². The van der Waals surface area contributed by atoms with E-state index in [1.54, 1.807) is 29.6 Å². The first kappa shape index (κ1) is 22.5. The molecule has 3 aliphatic heterocycles. The molecule has 5 heterocycles. The molecule has 2 bridgehead atoms. The summed E-state index contributed by atoms with van der Waals surface area (Å²) in [6.07, 6.45) is 0.782. The summed E-state index contributed by atoms with van der Waals surface area (Å²) in [5.41, 5.74) is -0.279. The predicted molar refractivity (Wildman–Crippen MR) is 121 cm³/mol. The number of carbonyl (C=O) groups excluding carboxylic acids is 1. The van der Waals surface area contributed by atoms with Crippen LogP contribution in [0.3, 0.4) is 0 Å². The molecule has 34 heavy (non-hydrogen) atoms. The topological polar surface area (TPSA) is 136 Å². The molecule has 4 atom stereocenters. The molecule has 3 aliphatic rings. The minimum absolute atomic E-state index is 0.0293. The molecule has 2 saturated heterocycles. The zero-order chi connectivity index (χ0) is 24.2. The Bertz CT molecular complexity index is 1220. The Kier molecular flexibility index (Phi) is 5.41. The Hall–Kier alpha value is -3.29. The van der Waals surface area contributed by atoms with Crippen LogP contribution in [0.2, 0.25) is 0 Å². The second-order valence-electron chi connectivity index (χ2n) is 8.98. The molecular formula is C21H27N7O6. The van der Waals surface area contributed by atoms with Gasteiger partial charge in [-0.1, -0.05) is 6.08 Å². The summed E-state index contributed by atoms with van der Waals surface area (Å²) in [6.45, 7) is 7.62. The number of nitrogens with one attached hydrogen (secondary N) is 1. The molecule has 0 unspecified atom stereocenters. The molecule has 1 N–H and O–H groups in total. The Morgan fingerprint density at radius 2 is 2.03 bits per heavy atom. The average Bonchev–Trinajstić information content (AvgIpc) is 3.39. The van der Waals surface area contributed by atoms with Gasteiger partial charge in [-0.25, -0.2) is 19.7 Å². The zero-order valence-electron chi connectivity index (χ0n) is 19.4. The van der Waals surface area contributed by atoms with E-state index in [0.717, 1.165) is 0 Å². The molecule has 13 nitrogen and oxygen atoms in total. The number of carbonyl (C=O) groups is 1. The summed E-state index contributed by atoms with van der Waals surface area (Å²) in [4.78, 5) is 44.7. The highest BCUT2D eigenvalue weighted by molar-refractivity contribution is 5.88. The number of H-pyrrole nitrogens is 1. The minimum atomic E-state index is -0.834. The highest BCUT2D eigenvalue weighted by Crippen LogP contribution is 2.46. The minimum Gasteiger partial charge on any atom is -0.449 e. The van der Waals surface area contributed by atoms with Crippen molar-refractivity contribution in [3.63, 3.8) is 0 Å². The van der Waals surface area contributed by atoms with Crippen LogP contribution in [0.25, 0.3) is 11.2 Å². The predicted octanol–water partition coefficient (Wildman–Crippen LogP) is 1.29. The van der Waals surface area contributed by atoms with E-state index < -0.39 is 42.0 Å². The maximum atomic E-state index is 12.9. The van der Waals surface area contributed by atoms with E-state index in [1.807, 2.05) is 13.8 Å². The first-order chi connectivity index (χ1) is 16.2. The third-order valence-corrected chi connectivity index (χ3v) is 5.71. The SMILES string of the molecule is C=CCN1C(=O)OCC[C@H]2O[C@H]([C@@H]3OC(C)(C)O[C@@H]32)n2c1nc1c(=O)[nH]c(/N=C\N(C)C)nc12. The van der Waals surface area contributed by atoms with E-state index in [9.17, 15) is 9.59 Å². The van der Waals surface area contributed by atoms with E-state index in [0.29, 0.717) is 6.42 Å². The number of hydrogen-bond acceptors (Lipinski definition) is 9. The molecule has 5 rings (SSSR count). The summed E-state index contributed by atoms with van der Waals surface area (Å²) in [5.74, 6) is -0.620. The smallest absolute Gasteiger partial charge is 0.416 e. The maximum absolute atomic E-state index is 12.9. The van der Waals surface area contributed by atoms with Gasteiger partial charge in [0.2, 0.25) is 11.9 Å². The van der Waals surface area contributed by atoms with Gasteiger partial charge >= 0.3 is 6.09 Å². The van der Waals surface area contributed by atoms with Gasteiger partial charge in [0.1, 0.15) is 12.2 Å². The number of fused-ring (bicyclic) bond motifs is 9. The molecule has 0 radical (unpaired) electrons. The number of amides is 1. The average molecular weight is 473 g/mol. The number of hydrogen-bond donors (Lipinski definition) is 1. The van der Waals surface area contributed by atoms with Crippen molar-refractivity contribution in [1.29, 1.82) is 0 Å². The van der Waals surface area contributed by atoms with Crippen molar-refractivity contribution >= 4 is 35.5 Å². The fraction of sp³-hybridized carbons (Fsp3) is 0.571. The van der Waals surface area contributed by atoms with E-state index in [1.165, 1.54) is 11.2 Å². The Morgan fingerprint density at radius 3 is 2.76 bits per heavy atom. The van der Waals surface area contributed by atoms with Crippen LogP contribution in [-0.2, 0) is 18.9 Å². The highest BCUT2D eigenvalue weighted by Gasteiger charge is 2.57. The number of nitrogens with zero attached hydrogens (tertiary/aromatic N) is 6. The monoisotopic (exact) mass is 473 g/mol. The number of rotatable bonds is 4. The van der Waals surface area contributed by atoms with Gasteiger partial charge in [0.15, 0.2) is 23.2 Å². The second kappa shape index (κ2) is 8.18. The molecule has 0 aliphatic carbocycles. The van der Waals surface area contributed by atoms with E-state index in [-0.39, 0.29) is 36.2 Å². The number of ether oxygens (including phenoxy) is 4. The van der Waals surface area contributed by atoms with Crippen LogP contribution in [0.4, 0.5) is 16.7 Å². The molecule has 2 aromatic heterocycles.